The van der Waals surface area contributed by atoms with Crippen molar-refractivity contribution < 1.29 is 14.3 Å². The molecule has 0 aliphatic rings. The fourth-order valence-electron chi connectivity index (χ4n) is 0.942. The van der Waals surface area contributed by atoms with E-state index >= 15 is 0 Å². The van der Waals surface area contributed by atoms with E-state index in [9.17, 15) is 9.59 Å². The van der Waals surface area contributed by atoms with Gasteiger partial charge in [0.05, 0.1) is 12.7 Å². The number of ether oxygens (including phenoxy) is 1. The van der Waals surface area contributed by atoms with E-state index in [0.29, 0.717) is 13.2 Å². The molecule has 0 unspecified atom stereocenters. The molecular weight excluding hydrogens is 222 g/mol. The van der Waals surface area contributed by atoms with Gasteiger partial charge in [-0.05, 0) is 13.8 Å². The van der Waals surface area contributed by atoms with Gasteiger partial charge in [-0.25, -0.2) is 0 Å². The van der Waals surface area contributed by atoms with E-state index in [0.717, 1.165) is 0 Å². The van der Waals surface area contributed by atoms with Crippen molar-refractivity contribution in [2.45, 2.75) is 20.3 Å². The van der Waals surface area contributed by atoms with Gasteiger partial charge in [0.15, 0.2) is 0 Å². The first kappa shape index (κ1) is 15.4. The van der Waals surface area contributed by atoms with Crippen LogP contribution in [-0.2, 0) is 14.3 Å². The highest BCUT2D eigenvalue weighted by Gasteiger charge is 2.26. The predicted molar refractivity (Wildman–Crippen MR) is 61.9 cm³/mol. The van der Waals surface area contributed by atoms with Gasteiger partial charge in [0.1, 0.15) is 5.41 Å². The minimum atomic E-state index is -1.06. The van der Waals surface area contributed by atoms with E-state index in [4.69, 9.17) is 10.00 Å². The molecule has 0 spiro atoms. The molecule has 0 bridgehead atoms. The third kappa shape index (κ3) is 6.53. The van der Waals surface area contributed by atoms with E-state index in [-0.39, 0.29) is 24.8 Å². The van der Waals surface area contributed by atoms with Crippen LogP contribution >= 0.6 is 0 Å². The minimum absolute atomic E-state index is 0.155. The SMILES string of the molecule is COCCNC(=O)CCNC(=O)C(C)(C)C#N. The Morgan fingerprint density at radius 1 is 1.29 bits per heavy atom. The zero-order valence-corrected chi connectivity index (χ0v) is 10.5. The number of amides is 2. The molecule has 0 saturated heterocycles. The number of methoxy groups -OCH3 is 1. The molecular formula is C11H19N3O3. The Balaban J connectivity index is 3.74. The van der Waals surface area contributed by atoms with Gasteiger partial charge in [-0.2, -0.15) is 5.26 Å². The number of nitriles is 1. The van der Waals surface area contributed by atoms with Crippen LogP contribution in [0.15, 0.2) is 0 Å². The summed E-state index contributed by atoms with van der Waals surface area (Å²) in [5.74, 6) is -0.526. The molecule has 0 aliphatic carbocycles. The third-order valence-corrected chi connectivity index (χ3v) is 2.11. The van der Waals surface area contributed by atoms with Gasteiger partial charge in [-0.1, -0.05) is 0 Å². The molecule has 0 aromatic heterocycles. The summed E-state index contributed by atoms with van der Waals surface area (Å²) in [6, 6.07) is 1.89. The molecule has 6 heteroatoms. The van der Waals surface area contributed by atoms with Crippen LogP contribution in [0.3, 0.4) is 0 Å². The normalized spacial score (nSPS) is 10.5. The Labute approximate surface area is 101 Å². The topological polar surface area (TPSA) is 91.2 Å². The Morgan fingerprint density at radius 2 is 1.94 bits per heavy atom. The lowest BCUT2D eigenvalue weighted by molar-refractivity contribution is -0.127. The Kier molecular flexibility index (Phi) is 6.91. The molecule has 0 fully saturated rings. The second-order valence-electron chi connectivity index (χ2n) is 4.09. The quantitative estimate of drug-likeness (QED) is 0.604. The smallest absolute Gasteiger partial charge is 0.239 e. The van der Waals surface area contributed by atoms with Crippen LogP contribution in [0.25, 0.3) is 0 Å². The van der Waals surface area contributed by atoms with E-state index in [1.165, 1.54) is 13.8 Å². The number of nitrogens with one attached hydrogen (secondary N) is 2. The van der Waals surface area contributed by atoms with Gasteiger partial charge in [0.2, 0.25) is 11.8 Å². The molecule has 0 rings (SSSR count). The average molecular weight is 241 g/mol. The largest absolute Gasteiger partial charge is 0.383 e. The van der Waals surface area contributed by atoms with Crippen molar-refractivity contribution in [2.24, 2.45) is 5.41 Å². The molecule has 0 heterocycles. The molecule has 17 heavy (non-hydrogen) atoms. The predicted octanol–water partition coefficient (Wildman–Crippen LogP) is -0.195. The maximum absolute atomic E-state index is 11.5. The lowest BCUT2D eigenvalue weighted by atomic mass is 9.95. The molecule has 2 amide bonds. The van der Waals surface area contributed by atoms with Crippen molar-refractivity contribution in [3.05, 3.63) is 0 Å². The lowest BCUT2D eigenvalue weighted by Crippen LogP contribution is -2.38. The highest BCUT2D eigenvalue weighted by atomic mass is 16.5. The molecule has 0 aliphatic heterocycles. The Hall–Kier alpha value is -1.61. The van der Waals surface area contributed by atoms with Crippen LogP contribution in [0.4, 0.5) is 0 Å². The monoisotopic (exact) mass is 241 g/mol. The molecule has 0 aromatic rings. The van der Waals surface area contributed by atoms with Crippen molar-refractivity contribution in [2.75, 3.05) is 26.8 Å². The van der Waals surface area contributed by atoms with Gasteiger partial charge in [-0.3, -0.25) is 9.59 Å². The first-order valence-electron chi connectivity index (χ1n) is 5.39. The van der Waals surface area contributed by atoms with Crippen LogP contribution in [-0.4, -0.2) is 38.6 Å². The van der Waals surface area contributed by atoms with Gasteiger partial charge in [0, 0.05) is 26.6 Å². The van der Waals surface area contributed by atoms with E-state index in [1.807, 2.05) is 6.07 Å². The molecule has 0 saturated carbocycles. The highest BCUT2D eigenvalue weighted by molar-refractivity contribution is 5.85. The van der Waals surface area contributed by atoms with Crippen molar-refractivity contribution in [1.82, 2.24) is 10.6 Å². The molecule has 0 atom stereocenters. The summed E-state index contributed by atoms with van der Waals surface area (Å²) in [7, 11) is 1.55. The van der Waals surface area contributed by atoms with Crippen molar-refractivity contribution in [1.29, 1.82) is 5.26 Å². The Morgan fingerprint density at radius 3 is 2.47 bits per heavy atom. The standard InChI is InChI=1S/C11H19N3O3/c1-11(2,8-12)10(16)14-5-4-9(15)13-6-7-17-3/h4-7H2,1-3H3,(H,13,15)(H,14,16). The van der Waals surface area contributed by atoms with Crippen molar-refractivity contribution in [3.63, 3.8) is 0 Å². The highest BCUT2D eigenvalue weighted by Crippen LogP contribution is 2.12. The zero-order valence-electron chi connectivity index (χ0n) is 10.5. The molecule has 0 aromatic carbocycles. The van der Waals surface area contributed by atoms with E-state index in [1.54, 1.807) is 7.11 Å². The first-order chi connectivity index (χ1) is 7.94. The van der Waals surface area contributed by atoms with Crippen LogP contribution < -0.4 is 10.6 Å². The van der Waals surface area contributed by atoms with Crippen LogP contribution in [0.5, 0.6) is 0 Å². The Bertz CT molecular complexity index is 308. The lowest BCUT2D eigenvalue weighted by Gasteiger charge is -2.14. The summed E-state index contributed by atoms with van der Waals surface area (Å²) in [5.41, 5.74) is -1.06. The van der Waals surface area contributed by atoms with E-state index in [2.05, 4.69) is 10.6 Å². The summed E-state index contributed by atoms with van der Waals surface area (Å²) >= 11 is 0. The second-order valence-corrected chi connectivity index (χ2v) is 4.09. The first-order valence-corrected chi connectivity index (χ1v) is 5.39. The molecule has 6 nitrogen and oxygen atoms in total. The maximum Gasteiger partial charge on any atom is 0.239 e. The van der Waals surface area contributed by atoms with Gasteiger partial charge in [0.25, 0.3) is 0 Å². The fraction of sp³-hybridized carbons (Fsp3) is 0.727. The summed E-state index contributed by atoms with van der Waals surface area (Å²) < 4.78 is 4.77. The number of rotatable bonds is 7. The van der Waals surface area contributed by atoms with Crippen LogP contribution in [0.1, 0.15) is 20.3 Å². The van der Waals surface area contributed by atoms with Crippen molar-refractivity contribution >= 4 is 11.8 Å². The summed E-state index contributed by atoms with van der Waals surface area (Å²) in [5, 5.41) is 13.9. The second kappa shape index (κ2) is 7.63. The van der Waals surface area contributed by atoms with E-state index < -0.39 is 5.41 Å². The maximum atomic E-state index is 11.5. The number of carbonyl (C=O) groups excluding carboxylic acids is 2. The summed E-state index contributed by atoms with van der Waals surface area (Å²) in [4.78, 5) is 22.7. The zero-order chi connectivity index (χ0) is 13.3. The number of hydrogen-bond donors (Lipinski definition) is 2. The van der Waals surface area contributed by atoms with Gasteiger partial charge in [-0.15, -0.1) is 0 Å². The number of carbonyl (C=O) groups is 2. The number of hydrogen-bond acceptors (Lipinski definition) is 4. The molecule has 2 N–H and O–H groups in total. The molecule has 96 valence electrons. The van der Waals surface area contributed by atoms with Crippen LogP contribution in [0, 0.1) is 16.7 Å². The number of nitrogens with zero attached hydrogens (tertiary/aromatic N) is 1. The van der Waals surface area contributed by atoms with Gasteiger partial charge < -0.3 is 15.4 Å². The minimum Gasteiger partial charge on any atom is -0.383 e. The molecule has 0 radical (unpaired) electrons. The van der Waals surface area contributed by atoms with Gasteiger partial charge >= 0.3 is 0 Å². The fourth-order valence-corrected chi connectivity index (χ4v) is 0.942. The summed E-state index contributed by atoms with van der Waals surface area (Å²) in [6.45, 7) is 4.19. The third-order valence-electron chi connectivity index (χ3n) is 2.11. The van der Waals surface area contributed by atoms with Crippen LogP contribution in [0.2, 0.25) is 0 Å². The summed E-state index contributed by atoms with van der Waals surface area (Å²) in [6.07, 6.45) is 0.191. The average Bonchev–Trinajstić information content (AvgIpc) is 2.29. The van der Waals surface area contributed by atoms with Crippen molar-refractivity contribution in [3.8, 4) is 6.07 Å².